The third-order valence-corrected chi connectivity index (χ3v) is 8.15. The monoisotopic (exact) mass is 561 g/mol. The first kappa shape index (κ1) is 25.8. The van der Waals surface area contributed by atoms with Crippen LogP contribution in [0, 0.1) is 0 Å². The highest BCUT2D eigenvalue weighted by Gasteiger charge is 2.14. The van der Waals surface area contributed by atoms with Crippen molar-refractivity contribution in [2.75, 3.05) is 0 Å². The van der Waals surface area contributed by atoms with Gasteiger partial charge in [0.1, 0.15) is 0 Å². The molecule has 44 heavy (non-hydrogen) atoms. The summed E-state index contributed by atoms with van der Waals surface area (Å²) in [4.78, 5) is 15.0. The number of nitrogens with zero attached hydrogens (tertiary/aromatic N) is 3. The van der Waals surface area contributed by atoms with E-state index in [1.807, 2.05) is 18.3 Å². The number of fused-ring (bicyclic) bond motifs is 2. The van der Waals surface area contributed by atoms with Gasteiger partial charge in [0.15, 0.2) is 5.82 Å². The fourth-order valence-corrected chi connectivity index (χ4v) is 5.93. The second-order valence-corrected chi connectivity index (χ2v) is 10.9. The van der Waals surface area contributed by atoms with E-state index in [1.54, 1.807) is 0 Å². The molecule has 0 aliphatic carbocycles. The van der Waals surface area contributed by atoms with Gasteiger partial charge in [0.05, 0.1) is 16.9 Å². The molecule has 8 aromatic rings. The fourth-order valence-electron chi connectivity index (χ4n) is 5.93. The van der Waals surface area contributed by atoms with Gasteiger partial charge in [0.25, 0.3) is 0 Å². The largest absolute Gasteiger partial charge is 0.256 e. The van der Waals surface area contributed by atoms with Gasteiger partial charge in [0, 0.05) is 33.8 Å². The SMILES string of the molecule is c1ccc(-c2ccc(-c3cc(-c4cccc(-c5cccc6cccnc56)c4)nc(-c4cccc5ccccc45)n3)cc2)cc1. The molecule has 0 aliphatic rings. The van der Waals surface area contributed by atoms with E-state index in [9.17, 15) is 0 Å². The first-order valence-electron chi connectivity index (χ1n) is 14.8. The van der Waals surface area contributed by atoms with Gasteiger partial charge in [-0.1, -0.05) is 140 Å². The van der Waals surface area contributed by atoms with Crippen LogP contribution in [0.2, 0.25) is 0 Å². The Bertz CT molecular complexity index is 2260. The van der Waals surface area contributed by atoms with Crippen molar-refractivity contribution in [1.82, 2.24) is 15.0 Å². The molecule has 2 aromatic heterocycles. The maximum atomic E-state index is 5.19. The molecule has 0 atom stereocenters. The Hall–Kier alpha value is -5.93. The fraction of sp³-hybridized carbons (Fsp3) is 0. The maximum Gasteiger partial charge on any atom is 0.161 e. The molecular weight excluding hydrogens is 534 g/mol. The van der Waals surface area contributed by atoms with Crippen LogP contribution in [-0.4, -0.2) is 15.0 Å². The number of benzene rings is 6. The summed E-state index contributed by atoms with van der Waals surface area (Å²) in [5, 5.41) is 3.42. The highest BCUT2D eigenvalue weighted by atomic mass is 14.9. The van der Waals surface area contributed by atoms with Gasteiger partial charge in [-0.25, -0.2) is 9.97 Å². The lowest BCUT2D eigenvalue weighted by atomic mass is 9.98. The lowest BCUT2D eigenvalue weighted by molar-refractivity contribution is 1.19. The van der Waals surface area contributed by atoms with Gasteiger partial charge in [-0.15, -0.1) is 0 Å². The van der Waals surface area contributed by atoms with Crippen molar-refractivity contribution in [3.8, 4) is 56.2 Å². The second kappa shape index (κ2) is 11.0. The molecule has 3 nitrogen and oxygen atoms in total. The lowest BCUT2D eigenvalue weighted by Gasteiger charge is -2.13. The van der Waals surface area contributed by atoms with Crippen LogP contribution in [0.1, 0.15) is 0 Å². The summed E-state index contributed by atoms with van der Waals surface area (Å²) in [6, 6.07) is 54.9. The smallest absolute Gasteiger partial charge is 0.161 e. The Kier molecular flexibility index (Phi) is 6.47. The normalized spacial score (nSPS) is 11.2. The molecule has 0 fully saturated rings. The van der Waals surface area contributed by atoms with Gasteiger partial charge in [-0.3, -0.25) is 4.98 Å². The minimum atomic E-state index is 0.707. The summed E-state index contributed by atoms with van der Waals surface area (Å²) in [5.41, 5.74) is 10.4. The highest BCUT2D eigenvalue weighted by molar-refractivity contribution is 5.96. The zero-order chi connectivity index (χ0) is 29.3. The molecule has 2 heterocycles. The first-order valence-corrected chi connectivity index (χ1v) is 14.8. The number of para-hydroxylation sites is 1. The van der Waals surface area contributed by atoms with E-state index in [2.05, 4.69) is 146 Å². The number of hydrogen-bond donors (Lipinski definition) is 0. The molecule has 8 rings (SSSR count). The van der Waals surface area contributed by atoms with E-state index in [-0.39, 0.29) is 0 Å². The molecule has 0 spiro atoms. The maximum absolute atomic E-state index is 5.19. The van der Waals surface area contributed by atoms with Gasteiger partial charge >= 0.3 is 0 Å². The van der Waals surface area contributed by atoms with E-state index in [1.165, 1.54) is 16.5 Å². The van der Waals surface area contributed by atoms with Gasteiger partial charge in [-0.05, 0) is 45.7 Å². The van der Waals surface area contributed by atoms with Crippen LogP contribution in [0.5, 0.6) is 0 Å². The number of hydrogen-bond acceptors (Lipinski definition) is 3. The molecule has 0 unspecified atom stereocenters. The molecule has 0 saturated carbocycles. The van der Waals surface area contributed by atoms with Crippen molar-refractivity contribution >= 4 is 21.7 Å². The Morgan fingerprint density at radius 2 is 0.955 bits per heavy atom. The number of aromatic nitrogens is 3. The molecule has 0 saturated heterocycles. The van der Waals surface area contributed by atoms with Crippen LogP contribution in [0.3, 0.4) is 0 Å². The third kappa shape index (κ3) is 4.81. The van der Waals surface area contributed by atoms with Gasteiger partial charge in [0.2, 0.25) is 0 Å². The summed E-state index contributed by atoms with van der Waals surface area (Å²) < 4.78 is 0. The zero-order valence-corrected chi connectivity index (χ0v) is 23.9. The van der Waals surface area contributed by atoms with Crippen LogP contribution in [0.15, 0.2) is 164 Å². The van der Waals surface area contributed by atoms with Gasteiger partial charge < -0.3 is 0 Å². The molecule has 0 amide bonds. The van der Waals surface area contributed by atoms with Crippen LogP contribution in [0.25, 0.3) is 77.8 Å². The predicted octanol–water partition coefficient (Wildman–Crippen LogP) is 10.5. The summed E-state index contributed by atoms with van der Waals surface area (Å²) in [6.07, 6.45) is 1.85. The van der Waals surface area contributed by atoms with Crippen LogP contribution in [0.4, 0.5) is 0 Å². The second-order valence-electron chi connectivity index (χ2n) is 10.9. The number of rotatable bonds is 5. The minimum Gasteiger partial charge on any atom is -0.256 e. The quantitative estimate of drug-likeness (QED) is 0.210. The molecule has 0 N–H and O–H groups in total. The van der Waals surface area contributed by atoms with E-state index < -0.39 is 0 Å². The van der Waals surface area contributed by atoms with Crippen molar-refractivity contribution in [2.24, 2.45) is 0 Å². The summed E-state index contributed by atoms with van der Waals surface area (Å²) >= 11 is 0. The first-order chi connectivity index (χ1) is 21.8. The van der Waals surface area contributed by atoms with Crippen molar-refractivity contribution in [2.45, 2.75) is 0 Å². The zero-order valence-electron chi connectivity index (χ0n) is 23.9. The van der Waals surface area contributed by atoms with Crippen molar-refractivity contribution in [3.05, 3.63) is 164 Å². The van der Waals surface area contributed by atoms with Crippen molar-refractivity contribution in [3.63, 3.8) is 0 Å². The van der Waals surface area contributed by atoms with Crippen molar-refractivity contribution < 1.29 is 0 Å². The summed E-state index contributed by atoms with van der Waals surface area (Å²) in [6.45, 7) is 0. The molecular formula is C41H27N3. The Balaban J connectivity index is 1.29. The minimum absolute atomic E-state index is 0.707. The molecule has 0 aliphatic heterocycles. The molecule has 6 aromatic carbocycles. The van der Waals surface area contributed by atoms with Crippen LogP contribution in [-0.2, 0) is 0 Å². The van der Waals surface area contributed by atoms with E-state index >= 15 is 0 Å². The molecule has 0 radical (unpaired) electrons. The average Bonchev–Trinajstić information content (AvgIpc) is 3.11. The third-order valence-electron chi connectivity index (χ3n) is 8.15. The molecule has 0 bridgehead atoms. The van der Waals surface area contributed by atoms with E-state index in [0.29, 0.717) is 5.82 Å². The van der Waals surface area contributed by atoms with E-state index in [0.717, 1.165) is 55.5 Å². The van der Waals surface area contributed by atoms with Gasteiger partial charge in [-0.2, -0.15) is 0 Å². The van der Waals surface area contributed by atoms with Crippen LogP contribution < -0.4 is 0 Å². The standard InChI is InChI=1S/C41H27N3/c1-2-10-28(11-3-1)29-21-23-31(24-22-29)38-27-39(44-41(43-38)37-20-7-13-30-12-4-5-18-35(30)37)34-16-6-15-33(26-34)36-19-8-14-32-17-9-25-42-40(32)36/h1-27H. The highest BCUT2D eigenvalue weighted by Crippen LogP contribution is 2.34. The topological polar surface area (TPSA) is 38.7 Å². The average molecular weight is 562 g/mol. The van der Waals surface area contributed by atoms with Crippen LogP contribution >= 0.6 is 0 Å². The Morgan fingerprint density at radius 1 is 0.364 bits per heavy atom. The molecule has 206 valence electrons. The Morgan fingerprint density at radius 3 is 1.82 bits per heavy atom. The molecule has 3 heteroatoms. The summed E-state index contributed by atoms with van der Waals surface area (Å²) in [7, 11) is 0. The summed E-state index contributed by atoms with van der Waals surface area (Å²) in [5.74, 6) is 0.707. The predicted molar refractivity (Wildman–Crippen MR) is 182 cm³/mol. The van der Waals surface area contributed by atoms with Crippen molar-refractivity contribution in [1.29, 1.82) is 0 Å². The van der Waals surface area contributed by atoms with E-state index in [4.69, 9.17) is 15.0 Å². The number of pyridine rings is 1. The lowest BCUT2D eigenvalue weighted by Crippen LogP contribution is -1.97. The Labute approximate surface area is 256 Å².